The van der Waals surface area contributed by atoms with E-state index in [9.17, 15) is 0 Å². The minimum atomic E-state index is 1.32. The number of hydrogen-bond acceptors (Lipinski definition) is 0. The Morgan fingerprint density at radius 3 is 1.86 bits per heavy atom. The Labute approximate surface area is 52.8 Å². The van der Waals surface area contributed by atoms with Crippen LogP contribution in [-0.4, -0.2) is 17.7 Å². The monoisotopic (exact) mass is 84.1 g/mol. The van der Waals surface area contributed by atoms with Crippen molar-refractivity contribution in [2.75, 3.05) is 0 Å². The minimum absolute atomic E-state index is 1.32. The fourth-order valence-corrected chi connectivity index (χ4v) is 0.534. The predicted octanol–water partition coefficient (Wildman–Crippen LogP) is 0.480. The summed E-state index contributed by atoms with van der Waals surface area (Å²) in [4.78, 5) is 0. The summed E-state index contributed by atoms with van der Waals surface area (Å²) in [7, 11) is 0. The predicted molar refractivity (Wildman–Crippen MR) is 31.8 cm³/mol. The van der Waals surface area contributed by atoms with Gasteiger partial charge in [0.15, 0.2) is 0 Å². The molecule has 1 aromatic rings. The third kappa shape index (κ3) is 1.39. The first-order valence-corrected chi connectivity index (χ1v) is 2.41. The molecule has 0 unspecified atom stereocenters. The van der Waals surface area contributed by atoms with E-state index in [0.717, 1.165) is 0 Å². The van der Waals surface area contributed by atoms with Crippen molar-refractivity contribution < 1.29 is 0 Å². The molecular formula is C6H5Li-. The van der Waals surface area contributed by atoms with Gasteiger partial charge in [-0.2, -0.15) is 0 Å². The molecule has 0 aliphatic heterocycles. The van der Waals surface area contributed by atoms with Gasteiger partial charge in [0.1, 0.15) is 0 Å². The van der Waals surface area contributed by atoms with Gasteiger partial charge in [0.25, 0.3) is 0 Å². The quantitative estimate of drug-likeness (QED) is 0.401. The van der Waals surface area contributed by atoms with Crippen LogP contribution < -0.4 is 4.24 Å². The van der Waals surface area contributed by atoms with Crippen LogP contribution in [0.1, 0.15) is 0 Å². The van der Waals surface area contributed by atoms with Crippen molar-refractivity contribution in [2.24, 2.45) is 0 Å². The molecule has 0 aliphatic rings. The Morgan fingerprint density at radius 2 is 1.57 bits per heavy atom. The van der Waals surface area contributed by atoms with Crippen molar-refractivity contribution in [1.29, 1.82) is 0 Å². The van der Waals surface area contributed by atoms with E-state index >= 15 is 0 Å². The number of rotatable bonds is 0. The van der Waals surface area contributed by atoms with E-state index in [4.69, 9.17) is 0 Å². The van der Waals surface area contributed by atoms with E-state index in [1.807, 2.05) is 18.2 Å². The van der Waals surface area contributed by atoms with Gasteiger partial charge in [-0.25, -0.2) is 0 Å². The van der Waals surface area contributed by atoms with Crippen molar-refractivity contribution in [3.8, 4) is 0 Å². The van der Waals surface area contributed by atoms with Crippen molar-refractivity contribution in [3.63, 3.8) is 0 Å². The normalized spacial score (nSPS) is 8.43. The Kier molecular flexibility index (Phi) is 1.57. The van der Waals surface area contributed by atoms with Crippen LogP contribution in [0.25, 0.3) is 0 Å². The molecule has 0 fully saturated rings. The van der Waals surface area contributed by atoms with E-state index in [0.29, 0.717) is 0 Å². The number of benzene rings is 1. The fourth-order valence-electron chi connectivity index (χ4n) is 0.534. The van der Waals surface area contributed by atoms with Crippen molar-refractivity contribution in [1.82, 2.24) is 0 Å². The summed E-state index contributed by atoms with van der Waals surface area (Å²) in [5.41, 5.74) is 0. The second kappa shape index (κ2) is 2.21. The Balaban J connectivity index is 3.02. The average molecular weight is 84.0 g/mol. The van der Waals surface area contributed by atoms with Gasteiger partial charge in [-0.15, -0.1) is 0 Å². The molecule has 0 amide bonds. The second-order valence-corrected chi connectivity index (χ2v) is 1.65. The molecular weight excluding hydrogens is 79.0 g/mol. The Bertz CT molecular complexity index is 134. The molecule has 1 heteroatoms. The summed E-state index contributed by atoms with van der Waals surface area (Å²) in [6, 6.07) is 10.3. The molecule has 31 valence electrons. The van der Waals surface area contributed by atoms with E-state index < -0.39 is 0 Å². The van der Waals surface area contributed by atoms with E-state index in [1.165, 1.54) is 4.24 Å². The third-order valence-corrected chi connectivity index (χ3v) is 0.940. The van der Waals surface area contributed by atoms with E-state index in [-0.39, 0.29) is 0 Å². The van der Waals surface area contributed by atoms with Gasteiger partial charge in [-0.1, -0.05) is 0 Å². The van der Waals surface area contributed by atoms with Crippen LogP contribution in [0.4, 0.5) is 0 Å². The Hall–Kier alpha value is -0.183. The molecule has 0 nitrogen and oxygen atoms in total. The van der Waals surface area contributed by atoms with Crippen molar-refractivity contribution in [2.45, 2.75) is 0 Å². The summed E-state index contributed by atoms with van der Waals surface area (Å²) in [6.07, 6.45) is 0. The first kappa shape index (κ1) is 4.96. The number of hydrogen-bond donors (Lipinski definition) is 0. The Morgan fingerprint density at radius 1 is 1.00 bits per heavy atom. The van der Waals surface area contributed by atoms with Gasteiger partial charge in [0, 0.05) is 0 Å². The van der Waals surface area contributed by atoms with Gasteiger partial charge in [0.05, 0.1) is 0 Å². The summed E-state index contributed by atoms with van der Waals surface area (Å²) in [6.45, 7) is 0. The van der Waals surface area contributed by atoms with Crippen LogP contribution >= 0.6 is 0 Å². The average Bonchev–Trinajstić information content (AvgIpc) is 1.69. The zero-order valence-corrected chi connectivity index (χ0v) is 4.39. The standard InChI is InChI=1S/C6H5.Li/c1-2-4-6-5-3-1;/h1-5H;/q;-1. The first-order chi connectivity index (χ1) is 3.39. The zero-order valence-electron chi connectivity index (χ0n) is 4.39. The van der Waals surface area contributed by atoms with E-state index in [2.05, 4.69) is 29.8 Å². The van der Waals surface area contributed by atoms with Crippen LogP contribution in [0.15, 0.2) is 30.3 Å². The summed E-state index contributed by atoms with van der Waals surface area (Å²) in [5, 5.41) is 0. The van der Waals surface area contributed by atoms with Gasteiger partial charge >= 0.3 is 52.3 Å². The van der Waals surface area contributed by atoms with Crippen molar-refractivity contribution in [3.05, 3.63) is 30.3 Å². The van der Waals surface area contributed by atoms with Crippen LogP contribution in [0, 0.1) is 0 Å². The van der Waals surface area contributed by atoms with Gasteiger partial charge in [0.2, 0.25) is 0 Å². The maximum atomic E-state index is 2.08. The summed E-state index contributed by atoms with van der Waals surface area (Å²) >= 11 is 2.08. The molecule has 0 aromatic heterocycles. The van der Waals surface area contributed by atoms with Crippen LogP contribution in [0.5, 0.6) is 0 Å². The molecule has 1 aromatic carbocycles. The van der Waals surface area contributed by atoms with Crippen LogP contribution in [-0.2, 0) is 0 Å². The molecule has 0 N–H and O–H groups in total. The topological polar surface area (TPSA) is 0 Å². The maximum absolute atomic E-state index is 2.08. The molecule has 0 aliphatic carbocycles. The molecule has 1 radical (unpaired) electrons. The first-order valence-electron chi connectivity index (χ1n) is 2.41. The van der Waals surface area contributed by atoms with E-state index in [1.54, 1.807) is 0 Å². The SMILES string of the molecule is [Li-][c]1ccccc1. The molecule has 1 rings (SSSR count). The van der Waals surface area contributed by atoms with Gasteiger partial charge in [-0.05, 0) is 0 Å². The molecule has 0 bridgehead atoms. The molecule has 0 saturated heterocycles. The van der Waals surface area contributed by atoms with Crippen LogP contribution in [0.3, 0.4) is 0 Å². The summed E-state index contributed by atoms with van der Waals surface area (Å²) < 4.78 is 1.32. The molecule has 0 atom stereocenters. The second-order valence-electron chi connectivity index (χ2n) is 1.65. The molecule has 0 heterocycles. The van der Waals surface area contributed by atoms with Crippen LogP contribution in [0.2, 0.25) is 0 Å². The fraction of sp³-hybridized carbons (Fsp3) is 0. The third-order valence-electron chi connectivity index (χ3n) is 0.940. The van der Waals surface area contributed by atoms with Gasteiger partial charge in [-0.3, -0.25) is 0 Å². The van der Waals surface area contributed by atoms with Crippen molar-refractivity contribution >= 4 is 22.0 Å². The molecule has 7 heavy (non-hydrogen) atoms. The summed E-state index contributed by atoms with van der Waals surface area (Å²) in [5.74, 6) is 0. The molecule has 0 saturated carbocycles. The molecule has 0 spiro atoms. The zero-order chi connectivity index (χ0) is 5.11. The van der Waals surface area contributed by atoms with Gasteiger partial charge < -0.3 is 0 Å².